The summed E-state index contributed by atoms with van der Waals surface area (Å²) in [6, 6.07) is 13.1. The molecule has 0 saturated carbocycles. The number of thiophene rings is 1. The van der Waals surface area contributed by atoms with Crippen LogP contribution in [0.3, 0.4) is 0 Å². The lowest BCUT2D eigenvalue weighted by Gasteiger charge is -2.08. The molecule has 29 heavy (non-hydrogen) atoms. The van der Waals surface area contributed by atoms with Gasteiger partial charge in [0.1, 0.15) is 29.8 Å². The van der Waals surface area contributed by atoms with Crippen LogP contribution >= 0.6 is 11.3 Å². The summed E-state index contributed by atoms with van der Waals surface area (Å²) in [5.74, 6) is 0.491. The minimum absolute atomic E-state index is 0.161. The molecule has 3 heterocycles. The van der Waals surface area contributed by atoms with Crippen molar-refractivity contribution >= 4 is 22.8 Å². The topological polar surface area (TPSA) is 90.5 Å². The number of carbonyl (C=O) groups excluding carboxylic acids is 1. The minimum atomic E-state index is -0.362. The summed E-state index contributed by atoms with van der Waals surface area (Å²) in [6.07, 6.45) is 1.44. The lowest BCUT2D eigenvalue weighted by Crippen LogP contribution is -2.34. The van der Waals surface area contributed by atoms with Gasteiger partial charge in [0, 0.05) is 6.54 Å². The Morgan fingerprint density at radius 1 is 1.24 bits per heavy atom. The summed E-state index contributed by atoms with van der Waals surface area (Å²) >= 11 is 1.54. The third-order valence-corrected chi connectivity index (χ3v) is 5.17. The van der Waals surface area contributed by atoms with Gasteiger partial charge in [0.25, 0.3) is 5.56 Å². The standard InChI is InChI=1S/C20H19N5O3S/c1-2-28-15-7-5-14(6-8-15)11-21-19(26)12-24-20(27)17-10-16(18-4-3-9-29-18)23-25(17)13-22-24/h3-10,13H,2,11-12H2,1H3,(H,21,26). The van der Waals surface area contributed by atoms with Crippen LogP contribution in [0.1, 0.15) is 12.5 Å². The van der Waals surface area contributed by atoms with Gasteiger partial charge in [-0.2, -0.15) is 10.2 Å². The van der Waals surface area contributed by atoms with Crippen molar-refractivity contribution in [2.75, 3.05) is 6.61 Å². The van der Waals surface area contributed by atoms with E-state index in [-0.39, 0.29) is 18.0 Å². The van der Waals surface area contributed by atoms with Crippen molar-refractivity contribution in [1.29, 1.82) is 0 Å². The number of aromatic nitrogens is 4. The number of amides is 1. The minimum Gasteiger partial charge on any atom is -0.494 e. The summed E-state index contributed by atoms with van der Waals surface area (Å²) in [4.78, 5) is 25.9. The van der Waals surface area contributed by atoms with Crippen LogP contribution in [-0.2, 0) is 17.9 Å². The molecule has 0 aliphatic carbocycles. The Bertz CT molecular complexity index is 1180. The van der Waals surface area contributed by atoms with Gasteiger partial charge in [-0.25, -0.2) is 9.20 Å². The molecule has 0 radical (unpaired) electrons. The van der Waals surface area contributed by atoms with Crippen molar-refractivity contribution in [3.8, 4) is 16.3 Å². The molecule has 0 atom stereocenters. The van der Waals surface area contributed by atoms with Crippen LogP contribution in [0.15, 0.2) is 59.0 Å². The van der Waals surface area contributed by atoms with E-state index in [1.807, 2.05) is 48.7 Å². The Morgan fingerprint density at radius 2 is 2.07 bits per heavy atom. The molecule has 148 valence electrons. The maximum atomic E-state index is 12.7. The molecule has 0 bridgehead atoms. The van der Waals surface area contributed by atoms with Crippen LogP contribution in [0.4, 0.5) is 0 Å². The average molecular weight is 409 g/mol. The molecule has 0 aliphatic rings. The maximum absolute atomic E-state index is 12.7. The van der Waals surface area contributed by atoms with Gasteiger partial charge in [0.05, 0.1) is 11.5 Å². The van der Waals surface area contributed by atoms with Crippen LogP contribution in [0, 0.1) is 0 Å². The highest BCUT2D eigenvalue weighted by Crippen LogP contribution is 2.23. The van der Waals surface area contributed by atoms with Crippen molar-refractivity contribution < 1.29 is 9.53 Å². The molecule has 1 amide bonds. The van der Waals surface area contributed by atoms with Crippen molar-refractivity contribution in [1.82, 2.24) is 24.7 Å². The summed E-state index contributed by atoms with van der Waals surface area (Å²) in [7, 11) is 0. The SMILES string of the molecule is CCOc1ccc(CNC(=O)Cn2ncn3nc(-c4cccs4)cc3c2=O)cc1. The van der Waals surface area contributed by atoms with E-state index in [0.717, 1.165) is 20.9 Å². The second-order valence-electron chi connectivity index (χ2n) is 6.28. The van der Waals surface area contributed by atoms with Crippen LogP contribution in [-0.4, -0.2) is 31.9 Å². The third kappa shape index (κ3) is 4.19. The first-order chi connectivity index (χ1) is 14.1. The van der Waals surface area contributed by atoms with Gasteiger partial charge < -0.3 is 10.1 Å². The van der Waals surface area contributed by atoms with E-state index in [1.54, 1.807) is 17.4 Å². The first kappa shape index (κ1) is 18.9. The molecule has 8 nitrogen and oxygen atoms in total. The summed E-state index contributed by atoms with van der Waals surface area (Å²) in [6.45, 7) is 2.73. The predicted octanol–water partition coefficient (Wildman–Crippen LogP) is 2.33. The Hall–Kier alpha value is -3.46. The molecule has 1 N–H and O–H groups in total. The van der Waals surface area contributed by atoms with Gasteiger partial charge in [0.2, 0.25) is 5.91 Å². The van der Waals surface area contributed by atoms with E-state index in [1.165, 1.54) is 10.8 Å². The highest BCUT2D eigenvalue weighted by molar-refractivity contribution is 7.13. The highest BCUT2D eigenvalue weighted by Gasteiger charge is 2.12. The molecule has 4 aromatic rings. The second-order valence-corrected chi connectivity index (χ2v) is 7.23. The normalized spacial score (nSPS) is 10.9. The fourth-order valence-corrected chi connectivity index (χ4v) is 3.54. The molecule has 0 aliphatic heterocycles. The van der Waals surface area contributed by atoms with E-state index in [9.17, 15) is 9.59 Å². The molecule has 0 unspecified atom stereocenters. The van der Waals surface area contributed by atoms with E-state index in [4.69, 9.17) is 4.74 Å². The number of fused-ring (bicyclic) bond motifs is 1. The number of nitrogens with one attached hydrogen (secondary N) is 1. The zero-order valence-electron chi connectivity index (χ0n) is 15.7. The number of nitrogens with zero attached hydrogens (tertiary/aromatic N) is 4. The number of hydrogen-bond acceptors (Lipinski definition) is 6. The van der Waals surface area contributed by atoms with Gasteiger partial charge in [-0.05, 0) is 42.1 Å². The first-order valence-corrected chi connectivity index (χ1v) is 10.00. The van der Waals surface area contributed by atoms with E-state index < -0.39 is 0 Å². The zero-order chi connectivity index (χ0) is 20.2. The number of rotatable bonds is 7. The van der Waals surface area contributed by atoms with Gasteiger partial charge in [0.15, 0.2) is 0 Å². The van der Waals surface area contributed by atoms with Gasteiger partial charge in [-0.15, -0.1) is 11.3 Å². The molecule has 9 heteroatoms. The number of ether oxygens (including phenoxy) is 1. The molecule has 1 aromatic carbocycles. The summed E-state index contributed by atoms with van der Waals surface area (Å²) in [5, 5.41) is 13.2. The van der Waals surface area contributed by atoms with Crippen LogP contribution in [0.2, 0.25) is 0 Å². The van der Waals surface area contributed by atoms with Crippen molar-refractivity contribution in [2.45, 2.75) is 20.0 Å². The lowest BCUT2D eigenvalue weighted by molar-refractivity contribution is -0.122. The molecule has 3 aromatic heterocycles. The quantitative estimate of drug-likeness (QED) is 0.506. The molecular formula is C20H19N5O3S. The molecule has 0 spiro atoms. The van der Waals surface area contributed by atoms with Gasteiger partial charge >= 0.3 is 0 Å². The van der Waals surface area contributed by atoms with E-state index in [0.29, 0.717) is 24.4 Å². The third-order valence-electron chi connectivity index (χ3n) is 4.28. The Kier molecular flexibility index (Phi) is 5.39. The molecule has 0 saturated heterocycles. The summed E-state index contributed by atoms with van der Waals surface area (Å²) in [5.41, 5.74) is 1.66. The molecular weight excluding hydrogens is 390 g/mol. The van der Waals surface area contributed by atoms with E-state index in [2.05, 4.69) is 15.5 Å². The Morgan fingerprint density at radius 3 is 2.79 bits per heavy atom. The highest BCUT2D eigenvalue weighted by atomic mass is 32.1. The first-order valence-electron chi connectivity index (χ1n) is 9.12. The number of hydrogen-bond donors (Lipinski definition) is 1. The second kappa shape index (κ2) is 8.27. The number of carbonyl (C=O) groups is 1. The largest absolute Gasteiger partial charge is 0.494 e. The smallest absolute Gasteiger partial charge is 0.293 e. The van der Waals surface area contributed by atoms with Gasteiger partial charge in [-0.3, -0.25) is 9.59 Å². The zero-order valence-corrected chi connectivity index (χ0v) is 16.6. The molecule has 4 rings (SSSR count). The lowest BCUT2D eigenvalue weighted by atomic mass is 10.2. The van der Waals surface area contributed by atoms with E-state index >= 15 is 0 Å². The predicted molar refractivity (Wildman–Crippen MR) is 110 cm³/mol. The Balaban J connectivity index is 1.43. The van der Waals surface area contributed by atoms with Crippen LogP contribution in [0.5, 0.6) is 5.75 Å². The maximum Gasteiger partial charge on any atom is 0.293 e. The van der Waals surface area contributed by atoms with Crippen LogP contribution < -0.4 is 15.6 Å². The fraction of sp³-hybridized carbons (Fsp3) is 0.200. The monoisotopic (exact) mass is 409 g/mol. The van der Waals surface area contributed by atoms with Crippen molar-refractivity contribution in [2.24, 2.45) is 0 Å². The van der Waals surface area contributed by atoms with Crippen LogP contribution in [0.25, 0.3) is 16.1 Å². The molecule has 0 fully saturated rings. The van der Waals surface area contributed by atoms with Gasteiger partial charge in [-0.1, -0.05) is 18.2 Å². The Labute approximate surface area is 170 Å². The van der Waals surface area contributed by atoms with Crippen molar-refractivity contribution in [3.05, 3.63) is 70.1 Å². The number of benzene rings is 1. The summed E-state index contributed by atoms with van der Waals surface area (Å²) < 4.78 is 7.98. The van der Waals surface area contributed by atoms with Crippen molar-refractivity contribution in [3.63, 3.8) is 0 Å². The fourth-order valence-electron chi connectivity index (χ4n) is 2.86. The average Bonchev–Trinajstić information content (AvgIpc) is 3.40.